The molecule has 0 aliphatic carbocycles. The maximum atomic E-state index is 14.6. The Morgan fingerprint density at radius 3 is 1.23 bits per heavy atom. The van der Waals surface area contributed by atoms with Gasteiger partial charge in [0.05, 0.1) is 21.2 Å². The van der Waals surface area contributed by atoms with Crippen molar-refractivity contribution in [3.8, 4) is 23.0 Å². The molecule has 3 nitrogen and oxygen atoms in total. The van der Waals surface area contributed by atoms with Crippen molar-refractivity contribution in [2.45, 2.75) is 63.6 Å². The molecule has 6 rings (SSSR count). The minimum Gasteiger partial charge on any atom is -0.457 e. The fourth-order valence-electron chi connectivity index (χ4n) is 6.46. The molecule has 2 unspecified atom stereocenters. The fourth-order valence-corrected chi connectivity index (χ4v) is 7.22. The van der Waals surface area contributed by atoms with E-state index >= 15 is 0 Å². The third-order valence-corrected chi connectivity index (χ3v) is 11.1. The molecule has 0 heterocycles. The third-order valence-electron chi connectivity index (χ3n) is 9.86. The molecule has 6 aromatic carbocycles. The van der Waals surface area contributed by atoms with E-state index in [1.54, 1.807) is 0 Å². The maximum absolute atomic E-state index is 14.6. The number of benzene rings is 6. The smallest absolute Gasteiger partial charge is 0.137 e. The Labute approximate surface area is 328 Å². The molecule has 0 radical (unpaired) electrons. The van der Waals surface area contributed by atoms with Gasteiger partial charge in [0, 0.05) is 10.8 Å². The minimum absolute atomic E-state index is 0.328. The molecule has 0 aliphatic heterocycles. The van der Waals surface area contributed by atoms with Gasteiger partial charge < -0.3 is 14.2 Å². The van der Waals surface area contributed by atoms with E-state index in [-0.39, 0.29) is 11.6 Å². The van der Waals surface area contributed by atoms with Crippen molar-refractivity contribution in [3.63, 3.8) is 0 Å². The van der Waals surface area contributed by atoms with Gasteiger partial charge in [-0.25, -0.2) is 8.78 Å². The summed E-state index contributed by atoms with van der Waals surface area (Å²) >= 11 is 6.83. The van der Waals surface area contributed by atoms with Crippen LogP contribution in [0.25, 0.3) is 0 Å². The van der Waals surface area contributed by atoms with E-state index in [9.17, 15) is 8.78 Å². The summed E-state index contributed by atoms with van der Waals surface area (Å²) in [4.78, 5) is 0. The average molecular weight is 841 g/mol. The van der Waals surface area contributed by atoms with Crippen LogP contribution in [0.1, 0.15) is 49.9 Å². The van der Waals surface area contributed by atoms with Gasteiger partial charge in [-0.3, -0.25) is 0 Å². The summed E-state index contributed by atoms with van der Waals surface area (Å²) in [5.74, 6) is 2.29. The Bertz CT molecular complexity index is 1980. The van der Waals surface area contributed by atoms with Crippen LogP contribution in [0.15, 0.2) is 155 Å². The lowest BCUT2D eigenvalue weighted by atomic mass is 9.74. The summed E-state index contributed by atoms with van der Waals surface area (Å²) in [7, 11) is 0. The number of hydrogen-bond acceptors (Lipinski definition) is 3. The van der Waals surface area contributed by atoms with Gasteiger partial charge in [0.1, 0.15) is 34.6 Å². The van der Waals surface area contributed by atoms with Gasteiger partial charge in [0.2, 0.25) is 0 Å². The molecular weight excluding hydrogens is 798 g/mol. The second-order valence-electron chi connectivity index (χ2n) is 14.3. The molecule has 272 valence electrons. The van der Waals surface area contributed by atoms with Crippen molar-refractivity contribution in [2.24, 2.45) is 0 Å². The number of ether oxygens (including phenoxy) is 3. The summed E-state index contributed by atoms with van der Waals surface area (Å²) in [6.07, 6.45) is 0.267. The van der Waals surface area contributed by atoms with Gasteiger partial charge in [0.15, 0.2) is 0 Å². The summed E-state index contributed by atoms with van der Waals surface area (Å²) in [6, 6.07) is 45.8. The molecule has 6 aromatic rings. The summed E-state index contributed by atoms with van der Waals surface area (Å²) < 4.78 is 49.8. The number of hydrogen-bond donors (Lipinski definition) is 0. The Kier molecular flexibility index (Phi) is 12.2. The molecule has 0 aliphatic rings. The highest BCUT2D eigenvalue weighted by Gasteiger charge is 2.40. The molecule has 0 amide bonds. The summed E-state index contributed by atoms with van der Waals surface area (Å²) in [6.45, 7) is 8.53. The van der Waals surface area contributed by atoms with Crippen molar-refractivity contribution >= 4 is 31.9 Å². The first-order valence-corrected chi connectivity index (χ1v) is 19.2. The van der Waals surface area contributed by atoms with Gasteiger partial charge in [-0.05, 0) is 140 Å². The second-order valence-corrected chi connectivity index (χ2v) is 16.1. The van der Waals surface area contributed by atoms with Crippen molar-refractivity contribution < 1.29 is 23.0 Å². The van der Waals surface area contributed by atoms with E-state index in [4.69, 9.17) is 14.2 Å². The van der Waals surface area contributed by atoms with Crippen LogP contribution in [0.4, 0.5) is 8.78 Å². The Balaban J connectivity index is 1.40. The van der Waals surface area contributed by atoms with Gasteiger partial charge >= 0.3 is 0 Å². The summed E-state index contributed by atoms with van der Waals surface area (Å²) in [5, 5.41) is 0. The SMILES string of the molecule is CC(C)(c1ccc(F)c(Br)c1)C(Cc1cccc(Oc2ccccc2)c1)OC(Cc1cccc(Oc2ccccc2)c1)C(C)(C)c1ccc(F)c(Br)c1. The zero-order valence-electron chi connectivity index (χ0n) is 30.2. The predicted octanol–water partition coefficient (Wildman–Crippen LogP) is 13.6. The first-order chi connectivity index (χ1) is 25.4. The molecule has 0 saturated heterocycles. The van der Waals surface area contributed by atoms with Crippen molar-refractivity contribution in [1.29, 1.82) is 0 Å². The molecule has 0 spiro atoms. The van der Waals surface area contributed by atoms with Crippen molar-refractivity contribution in [2.75, 3.05) is 0 Å². The lowest BCUT2D eigenvalue weighted by Crippen LogP contribution is -2.46. The van der Waals surface area contributed by atoms with E-state index in [0.29, 0.717) is 21.8 Å². The minimum atomic E-state index is -0.595. The molecule has 0 bridgehead atoms. The topological polar surface area (TPSA) is 27.7 Å². The molecule has 0 aromatic heterocycles. The Hall–Kier alpha value is -4.30. The fraction of sp³-hybridized carbons (Fsp3) is 0.217. The van der Waals surface area contributed by atoms with E-state index < -0.39 is 23.0 Å². The van der Waals surface area contributed by atoms with E-state index in [2.05, 4.69) is 71.7 Å². The van der Waals surface area contributed by atoms with Gasteiger partial charge in [-0.15, -0.1) is 0 Å². The van der Waals surface area contributed by atoms with E-state index in [0.717, 1.165) is 45.3 Å². The van der Waals surface area contributed by atoms with Crippen LogP contribution in [0.2, 0.25) is 0 Å². The highest BCUT2D eigenvalue weighted by atomic mass is 79.9. The monoisotopic (exact) mass is 838 g/mol. The second kappa shape index (κ2) is 16.8. The van der Waals surface area contributed by atoms with Crippen molar-refractivity contribution in [3.05, 3.63) is 188 Å². The van der Waals surface area contributed by atoms with E-state index in [1.807, 2.05) is 121 Å². The Morgan fingerprint density at radius 1 is 0.472 bits per heavy atom. The molecular formula is C46H42Br2F2O3. The van der Waals surface area contributed by atoms with Crippen molar-refractivity contribution in [1.82, 2.24) is 0 Å². The van der Waals surface area contributed by atoms with Crippen LogP contribution in [-0.4, -0.2) is 12.2 Å². The van der Waals surface area contributed by atoms with Gasteiger partial charge in [0.25, 0.3) is 0 Å². The maximum Gasteiger partial charge on any atom is 0.137 e. The number of rotatable bonds is 14. The molecule has 53 heavy (non-hydrogen) atoms. The zero-order chi connectivity index (χ0) is 37.6. The Morgan fingerprint density at radius 2 is 0.849 bits per heavy atom. The third kappa shape index (κ3) is 9.63. The van der Waals surface area contributed by atoms with Crippen LogP contribution in [0.5, 0.6) is 23.0 Å². The lowest BCUT2D eigenvalue weighted by molar-refractivity contribution is -0.0753. The predicted molar refractivity (Wildman–Crippen MR) is 216 cm³/mol. The largest absolute Gasteiger partial charge is 0.457 e. The molecule has 0 fully saturated rings. The highest BCUT2D eigenvalue weighted by molar-refractivity contribution is 9.10. The van der Waals surface area contributed by atoms with Gasteiger partial charge in [-0.2, -0.15) is 0 Å². The normalized spacial score (nSPS) is 13.0. The first kappa shape index (κ1) is 38.4. The number of para-hydroxylation sites is 2. The standard InChI is InChI=1S/C46H42Br2F2O3/c1-45(2,33-21-23-41(49)39(47)29-33)43(27-31-13-11-19-37(25-31)51-35-15-7-5-8-16-35)53-44(46(3,4)34-22-24-42(50)40(48)30-34)28-32-14-12-20-38(26-32)52-36-17-9-6-10-18-36/h5-26,29-30,43-44H,27-28H2,1-4H3. The number of halogens is 4. The highest BCUT2D eigenvalue weighted by Crippen LogP contribution is 2.40. The average Bonchev–Trinajstić information content (AvgIpc) is 3.14. The molecule has 2 atom stereocenters. The molecule has 0 saturated carbocycles. The molecule has 7 heteroatoms. The van der Waals surface area contributed by atoms with Gasteiger partial charge in [-0.1, -0.05) is 100 Å². The molecule has 0 N–H and O–H groups in total. The van der Waals surface area contributed by atoms with Crippen LogP contribution < -0.4 is 9.47 Å². The van der Waals surface area contributed by atoms with Crippen LogP contribution in [0, 0.1) is 11.6 Å². The van der Waals surface area contributed by atoms with Crippen LogP contribution >= 0.6 is 31.9 Å². The summed E-state index contributed by atoms with van der Waals surface area (Å²) in [5.41, 5.74) is 2.71. The van der Waals surface area contributed by atoms with E-state index in [1.165, 1.54) is 12.1 Å². The van der Waals surface area contributed by atoms with Crippen LogP contribution in [-0.2, 0) is 28.4 Å². The quantitative estimate of drug-likeness (QED) is 0.109. The lowest BCUT2D eigenvalue weighted by Gasteiger charge is -2.43. The van der Waals surface area contributed by atoms with Crippen LogP contribution in [0.3, 0.4) is 0 Å². The first-order valence-electron chi connectivity index (χ1n) is 17.6. The zero-order valence-corrected chi connectivity index (χ0v) is 33.3.